The van der Waals surface area contributed by atoms with Gasteiger partial charge in [0, 0.05) is 19.0 Å². The molecule has 4 rings (SSSR count). The van der Waals surface area contributed by atoms with E-state index >= 15 is 0 Å². The first-order valence-corrected chi connectivity index (χ1v) is 17.7. The minimum Gasteiger partial charge on any atom is -0.352 e. The van der Waals surface area contributed by atoms with E-state index in [1.165, 1.54) is 4.90 Å². The lowest BCUT2D eigenvalue weighted by Crippen LogP contribution is -2.55. The van der Waals surface area contributed by atoms with E-state index in [2.05, 4.69) is 5.32 Å². The van der Waals surface area contributed by atoms with E-state index in [0.717, 1.165) is 53.8 Å². The third-order valence-electron chi connectivity index (χ3n) is 8.07. The fourth-order valence-electron chi connectivity index (χ4n) is 5.73. The van der Waals surface area contributed by atoms with Crippen molar-refractivity contribution in [3.63, 3.8) is 0 Å². The predicted octanol–water partition coefficient (Wildman–Crippen LogP) is 6.97. The lowest BCUT2D eigenvalue weighted by molar-refractivity contribution is -0.140. The molecule has 2 amide bonds. The van der Waals surface area contributed by atoms with E-state index in [-0.39, 0.29) is 30.8 Å². The molecule has 1 unspecified atom stereocenters. The van der Waals surface area contributed by atoms with Crippen molar-refractivity contribution in [2.24, 2.45) is 0 Å². The van der Waals surface area contributed by atoms with Crippen molar-refractivity contribution in [3.8, 4) is 0 Å². The van der Waals surface area contributed by atoms with Crippen molar-refractivity contribution in [2.75, 3.05) is 17.1 Å². The Morgan fingerprint density at radius 1 is 0.886 bits per heavy atom. The van der Waals surface area contributed by atoms with E-state index in [0.29, 0.717) is 21.3 Å². The van der Waals surface area contributed by atoms with Gasteiger partial charge in [0.05, 0.1) is 22.0 Å². The number of benzene rings is 3. The second kappa shape index (κ2) is 15.3. The van der Waals surface area contributed by atoms with Crippen molar-refractivity contribution in [1.82, 2.24) is 10.2 Å². The Morgan fingerprint density at radius 2 is 1.55 bits per heavy atom. The number of sulfonamides is 1. The zero-order valence-corrected chi connectivity index (χ0v) is 27.8. The summed E-state index contributed by atoms with van der Waals surface area (Å²) in [5.41, 5.74) is 2.80. The molecular weight excluding hydrogens is 617 g/mol. The maximum Gasteiger partial charge on any atom is 0.244 e. The highest BCUT2D eigenvalue weighted by Gasteiger charge is 2.34. The Balaban J connectivity index is 1.76. The van der Waals surface area contributed by atoms with Gasteiger partial charge in [-0.3, -0.25) is 13.9 Å². The molecular formula is C34H41Cl2N3O4S. The molecule has 1 aliphatic carbocycles. The zero-order chi connectivity index (χ0) is 31.9. The van der Waals surface area contributed by atoms with Crippen LogP contribution in [-0.4, -0.2) is 50.0 Å². The van der Waals surface area contributed by atoms with Crippen LogP contribution in [0.3, 0.4) is 0 Å². The molecule has 0 spiro atoms. The van der Waals surface area contributed by atoms with Gasteiger partial charge in [0.15, 0.2) is 0 Å². The molecule has 10 heteroatoms. The number of anilines is 1. The van der Waals surface area contributed by atoms with Crippen molar-refractivity contribution >= 4 is 50.7 Å². The van der Waals surface area contributed by atoms with E-state index in [1.54, 1.807) is 30.3 Å². The van der Waals surface area contributed by atoms with Gasteiger partial charge in [-0.15, -0.1) is 0 Å². The Morgan fingerprint density at radius 3 is 2.18 bits per heavy atom. The van der Waals surface area contributed by atoms with Crippen LogP contribution in [0.25, 0.3) is 0 Å². The van der Waals surface area contributed by atoms with Crippen LogP contribution in [0.15, 0.2) is 72.8 Å². The van der Waals surface area contributed by atoms with Crippen LogP contribution in [0.2, 0.25) is 10.0 Å². The molecule has 44 heavy (non-hydrogen) atoms. The number of nitrogens with zero attached hydrogens (tertiary/aromatic N) is 2. The number of para-hydroxylation sites is 1. The van der Waals surface area contributed by atoms with Gasteiger partial charge in [0.1, 0.15) is 12.6 Å². The standard InChI is InChI=1S/C34H41Cl2N3O4S/c1-24(2)28-16-10-11-17-31(28)39(44(3,42)43)23-33(40)38(22-26-18-19-29(35)30(36)20-26)32(21-25-12-6-4-7-13-25)34(41)37-27-14-8-5-9-15-27/h4,6-7,10-13,16-20,24,27,32H,5,8-9,14-15,21-23H2,1-3H3,(H,37,41). The molecule has 0 aromatic heterocycles. The third-order valence-corrected chi connectivity index (χ3v) is 9.93. The molecule has 0 aliphatic heterocycles. The van der Waals surface area contributed by atoms with Crippen LogP contribution < -0.4 is 9.62 Å². The SMILES string of the molecule is CC(C)c1ccccc1N(CC(=O)N(Cc1ccc(Cl)c(Cl)c1)C(Cc1ccccc1)C(=O)NC1CCCCC1)S(C)(=O)=O. The van der Waals surface area contributed by atoms with Crippen molar-refractivity contribution < 1.29 is 18.0 Å². The maximum absolute atomic E-state index is 14.4. The van der Waals surface area contributed by atoms with Gasteiger partial charge < -0.3 is 10.2 Å². The van der Waals surface area contributed by atoms with Crippen LogP contribution >= 0.6 is 23.2 Å². The summed E-state index contributed by atoms with van der Waals surface area (Å²) in [6.07, 6.45) is 6.35. The molecule has 0 radical (unpaired) electrons. The normalized spacial score (nSPS) is 14.7. The minimum atomic E-state index is -3.87. The third kappa shape index (κ3) is 8.99. The highest BCUT2D eigenvalue weighted by atomic mass is 35.5. The summed E-state index contributed by atoms with van der Waals surface area (Å²) in [5, 5.41) is 3.91. The number of halogens is 2. The summed E-state index contributed by atoms with van der Waals surface area (Å²) in [5.74, 6) is -0.743. The van der Waals surface area contributed by atoms with E-state index < -0.39 is 28.5 Å². The zero-order valence-electron chi connectivity index (χ0n) is 25.5. The number of hydrogen-bond donors (Lipinski definition) is 1. The number of nitrogens with one attached hydrogen (secondary N) is 1. The predicted molar refractivity (Wildman–Crippen MR) is 179 cm³/mol. The van der Waals surface area contributed by atoms with Gasteiger partial charge in [0.25, 0.3) is 0 Å². The lowest BCUT2D eigenvalue weighted by atomic mass is 9.94. The summed E-state index contributed by atoms with van der Waals surface area (Å²) in [6.45, 7) is 3.52. The quantitative estimate of drug-likeness (QED) is 0.228. The fourth-order valence-corrected chi connectivity index (χ4v) is 6.92. The molecule has 1 saturated carbocycles. The second-order valence-electron chi connectivity index (χ2n) is 11.8. The summed E-state index contributed by atoms with van der Waals surface area (Å²) < 4.78 is 27.6. The first kappa shape index (κ1) is 33.8. The number of carbonyl (C=O) groups excluding carboxylic acids is 2. The smallest absolute Gasteiger partial charge is 0.244 e. The molecule has 0 heterocycles. The van der Waals surface area contributed by atoms with Crippen molar-refractivity contribution in [2.45, 2.75) is 76.9 Å². The molecule has 3 aromatic rings. The molecule has 1 fully saturated rings. The molecule has 1 atom stereocenters. The van der Waals surface area contributed by atoms with Gasteiger partial charge in [-0.05, 0) is 53.6 Å². The maximum atomic E-state index is 14.4. The van der Waals surface area contributed by atoms with Crippen LogP contribution in [-0.2, 0) is 32.6 Å². The fraction of sp³-hybridized carbons (Fsp3) is 0.412. The van der Waals surface area contributed by atoms with Gasteiger partial charge in [0.2, 0.25) is 21.8 Å². The van der Waals surface area contributed by atoms with Crippen LogP contribution in [0, 0.1) is 0 Å². The van der Waals surface area contributed by atoms with Gasteiger partial charge in [-0.25, -0.2) is 8.42 Å². The molecule has 0 saturated heterocycles. The van der Waals surface area contributed by atoms with Crippen molar-refractivity contribution in [1.29, 1.82) is 0 Å². The molecule has 1 N–H and O–H groups in total. The Hall–Kier alpha value is -3.07. The topological polar surface area (TPSA) is 86.8 Å². The number of rotatable bonds is 12. The number of amides is 2. The largest absolute Gasteiger partial charge is 0.352 e. The summed E-state index contributed by atoms with van der Waals surface area (Å²) in [6, 6.07) is 20.9. The Bertz CT molecular complexity index is 1540. The molecule has 1 aliphatic rings. The monoisotopic (exact) mass is 657 g/mol. The van der Waals surface area contributed by atoms with Crippen LogP contribution in [0.4, 0.5) is 5.69 Å². The average Bonchev–Trinajstić information content (AvgIpc) is 2.99. The highest BCUT2D eigenvalue weighted by Crippen LogP contribution is 2.30. The van der Waals surface area contributed by atoms with E-state index in [4.69, 9.17) is 23.2 Å². The minimum absolute atomic E-state index is 0.0185. The Labute approximate surface area is 271 Å². The van der Waals surface area contributed by atoms with E-state index in [1.807, 2.05) is 56.3 Å². The number of hydrogen-bond acceptors (Lipinski definition) is 4. The molecule has 236 valence electrons. The first-order chi connectivity index (χ1) is 20.9. The second-order valence-corrected chi connectivity index (χ2v) is 14.5. The first-order valence-electron chi connectivity index (χ1n) is 15.1. The number of carbonyl (C=O) groups is 2. The summed E-state index contributed by atoms with van der Waals surface area (Å²) >= 11 is 12.5. The van der Waals surface area contributed by atoms with E-state index in [9.17, 15) is 18.0 Å². The van der Waals surface area contributed by atoms with Crippen LogP contribution in [0.1, 0.15) is 68.6 Å². The molecule has 3 aromatic carbocycles. The highest BCUT2D eigenvalue weighted by molar-refractivity contribution is 7.92. The van der Waals surface area contributed by atoms with Gasteiger partial charge in [-0.2, -0.15) is 0 Å². The van der Waals surface area contributed by atoms with Gasteiger partial charge in [-0.1, -0.05) is 111 Å². The molecule has 0 bridgehead atoms. The lowest BCUT2D eigenvalue weighted by Gasteiger charge is -2.35. The summed E-state index contributed by atoms with van der Waals surface area (Å²) in [4.78, 5) is 30.0. The van der Waals surface area contributed by atoms with Crippen molar-refractivity contribution in [3.05, 3.63) is 99.5 Å². The summed E-state index contributed by atoms with van der Waals surface area (Å²) in [7, 11) is -3.87. The van der Waals surface area contributed by atoms with Crippen LogP contribution in [0.5, 0.6) is 0 Å². The molecule has 7 nitrogen and oxygen atoms in total. The Kier molecular flexibility index (Phi) is 11.7. The van der Waals surface area contributed by atoms with Gasteiger partial charge >= 0.3 is 0 Å². The average molecular weight is 659 g/mol.